The molecule has 0 aliphatic heterocycles. The van der Waals surface area contributed by atoms with Gasteiger partial charge in [0.15, 0.2) is 5.82 Å². The summed E-state index contributed by atoms with van der Waals surface area (Å²) in [6.45, 7) is 0.590. The molecule has 2 rings (SSSR count). The van der Waals surface area contributed by atoms with Crippen molar-refractivity contribution in [3.63, 3.8) is 0 Å². The van der Waals surface area contributed by atoms with Crippen LogP contribution in [0.5, 0.6) is 0 Å². The molecule has 0 aliphatic rings. The maximum absolute atomic E-state index is 8.82. The number of nitrogen functional groups attached to an aromatic ring is 1. The van der Waals surface area contributed by atoms with E-state index < -0.39 is 0 Å². The third-order valence-corrected chi connectivity index (χ3v) is 2.66. The quantitative estimate of drug-likeness (QED) is 0.714. The molecule has 6 nitrogen and oxygen atoms in total. The van der Waals surface area contributed by atoms with Crippen molar-refractivity contribution in [3.05, 3.63) is 23.5 Å². The van der Waals surface area contributed by atoms with Gasteiger partial charge >= 0.3 is 0 Å². The smallest absolute Gasteiger partial charge is 0.157 e. The number of aromatic amines is 1. The topological polar surface area (TPSA) is 103 Å². The van der Waals surface area contributed by atoms with Gasteiger partial charge in [0.2, 0.25) is 0 Å². The van der Waals surface area contributed by atoms with Crippen LogP contribution in [0.1, 0.15) is 11.1 Å². The molecule has 0 radical (unpaired) electrons. The van der Waals surface area contributed by atoms with Crippen molar-refractivity contribution < 1.29 is 0 Å². The monoisotopic (exact) mass is 220 g/mol. The molecule has 0 fully saturated rings. The summed E-state index contributed by atoms with van der Waals surface area (Å²) < 4.78 is 3.90. The van der Waals surface area contributed by atoms with Gasteiger partial charge in [-0.15, -0.1) is 0 Å². The van der Waals surface area contributed by atoms with E-state index in [-0.39, 0.29) is 5.82 Å². The van der Waals surface area contributed by atoms with Gasteiger partial charge in [-0.25, -0.2) is 0 Å². The first-order chi connectivity index (χ1) is 7.31. The van der Waals surface area contributed by atoms with Crippen LogP contribution in [-0.4, -0.2) is 14.6 Å². The number of hydrogen-bond acceptors (Lipinski definition) is 6. The Hall–Kier alpha value is -2.07. The molecule has 0 saturated carbocycles. The molecule has 0 aliphatic carbocycles. The van der Waals surface area contributed by atoms with Crippen LogP contribution in [0.3, 0.4) is 0 Å². The van der Waals surface area contributed by atoms with Gasteiger partial charge in [0.1, 0.15) is 16.6 Å². The lowest BCUT2D eigenvalue weighted by Crippen LogP contribution is -1.98. The number of aromatic nitrogens is 3. The number of rotatable bonds is 3. The maximum Gasteiger partial charge on any atom is 0.157 e. The van der Waals surface area contributed by atoms with E-state index in [9.17, 15) is 0 Å². The lowest BCUT2D eigenvalue weighted by atomic mass is 10.3. The van der Waals surface area contributed by atoms with Crippen molar-refractivity contribution >= 4 is 22.4 Å². The van der Waals surface area contributed by atoms with E-state index >= 15 is 0 Å². The standard InChI is InChI=1S/C8H8N6S/c9-1-6-7(10)14-15-8(6)11-2-5-3-12-13-4-5/h3-4,11H,2H2,(H2,10,14)(H,12,13). The number of H-pyrrole nitrogens is 1. The van der Waals surface area contributed by atoms with Gasteiger partial charge in [-0.1, -0.05) is 0 Å². The van der Waals surface area contributed by atoms with E-state index in [2.05, 4.69) is 19.9 Å². The molecule has 15 heavy (non-hydrogen) atoms. The fourth-order valence-corrected chi connectivity index (χ4v) is 1.75. The average Bonchev–Trinajstić information content (AvgIpc) is 2.84. The SMILES string of the molecule is N#Cc1c(N)nsc1NCc1cn[nH]c1. The summed E-state index contributed by atoms with van der Waals surface area (Å²) in [4.78, 5) is 0. The van der Waals surface area contributed by atoms with Crippen LogP contribution < -0.4 is 11.1 Å². The van der Waals surface area contributed by atoms with E-state index in [1.54, 1.807) is 12.4 Å². The van der Waals surface area contributed by atoms with Crippen LogP contribution >= 0.6 is 11.5 Å². The Morgan fingerprint density at radius 3 is 3.20 bits per heavy atom. The van der Waals surface area contributed by atoms with Crippen molar-refractivity contribution in [2.24, 2.45) is 0 Å². The lowest BCUT2D eigenvalue weighted by Gasteiger charge is -1.99. The number of nitrogens with two attached hydrogens (primary N) is 1. The van der Waals surface area contributed by atoms with Gasteiger partial charge in [0.25, 0.3) is 0 Å². The molecule has 0 atom stereocenters. The third kappa shape index (κ3) is 1.89. The summed E-state index contributed by atoms with van der Waals surface area (Å²) in [5, 5.41) is 19.1. The van der Waals surface area contributed by atoms with Crippen LogP contribution in [0.25, 0.3) is 0 Å². The summed E-state index contributed by atoms with van der Waals surface area (Å²) >= 11 is 1.18. The molecule has 76 valence electrons. The minimum Gasteiger partial charge on any atom is -0.382 e. The van der Waals surface area contributed by atoms with Crippen LogP contribution in [0.15, 0.2) is 12.4 Å². The van der Waals surface area contributed by atoms with E-state index in [1.165, 1.54) is 11.5 Å². The van der Waals surface area contributed by atoms with Gasteiger partial charge in [0.05, 0.1) is 6.20 Å². The first kappa shape index (κ1) is 9.48. The molecule has 0 aromatic carbocycles. The minimum atomic E-state index is 0.275. The number of nitriles is 1. The highest BCUT2D eigenvalue weighted by Crippen LogP contribution is 2.25. The molecule has 0 spiro atoms. The molecule has 0 unspecified atom stereocenters. The highest BCUT2D eigenvalue weighted by Gasteiger charge is 2.10. The van der Waals surface area contributed by atoms with E-state index in [0.717, 1.165) is 5.56 Å². The Bertz CT molecular complexity index is 480. The van der Waals surface area contributed by atoms with Gasteiger partial charge in [-0.05, 0) is 11.5 Å². The normalized spacial score (nSPS) is 9.80. The first-order valence-corrected chi connectivity index (χ1v) is 4.95. The molecular formula is C8H8N6S. The molecular weight excluding hydrogens is 212 g/mol. The zero-order chi connectivity index (χ0) is 10.7. The van der Waals surface area contributed by atoms with Crippen LogP contribution in [-0.2, 0) is 6.54 Å². The van der Waals surface area contributed by atoms with Crippen molar-refractivity contribution in [2.45, 2.75) is 6.54 Å². The summed E-state index contributed by atoms with van der Waals surface area (Å²) in [7, 11) is 0. The number of nitrogens with one attached hydrogen (secondary N) is 2. The van der Waals surface area contributed by atoms with Crippen LogP contribution in [0.2, 0.25) is 0 Å². The average molecular weight is 220 g/mol. The number of anilines is 2. The molecule has 2 heterocycles. The Morgan fingerprint density at radius 2 is 2.53 bits per heavy atom. The molecule has 7 heteroatoms. The fraction of sp³-hybridized carbons (Fsp3) is 0.125. The highest BCUT2D eigenvalue weighted by molar-refractivity contribution is 7.10. The van der Waals surface area contributed by atoms with E-state index in [0.29, 0.717) is 17.1 Å². The second-order valence-electron chi connectivity index (χ2n) is 2.84. The molecule has 2 aromatic heterocycles. The zero-order valence-electron chi connectivity index (χ0n) is 7.69. The molecule has 2 aromatic rings. The Morgan fingerprint density at radius 1 is 1.67 bits per heavy atom. The highest BCUT2D eigenvalue weighted by atomic mass is 32.1. The van der Waals surface area contributed by atoms with Crippen molar-refractivity contribution in [1.29, 1.82) is 5.26 Å². The second kappa shape index (κ2) is 3.98. The van der Waals surface area contributed by atoms with Gasteiger partial charge in [-0.3, -0.25) is 5.10 Å². The number of nitrogens with zero attached hydrogens (tertiary/aromatic N) is 3. The molecule has 0 amide bonds. The largest absolute Gasteiger partial charge is 0.382 e. The summed E-state index contributed by atoms with van der Waals surface area (Å²) in [6, 6.07) is 2.01. The van der Waals surface area contributed by atoms with Crippen molar-refractivity contribution in [2.75, 3.05) is 11.1 Å². The van der Waals surface area contributed by atoms with E-state index in [1.807, 2.05) is 6.07 Å². The Kier molecular flexibility index (Phi) is 2.51. The second-order valence-corrected chi connectivity index (χ2v) is 3.62. The summed E-state index contributed by atoms with van der Waals surface area (Å²) in [5.74, 6) is 0.275. The molecule has 0 bridgehead atoms. The molecule has 4 N–H and O–H groups in total. The minimum absolute atomic E-state index is 0.275. The van der Waals surface area contributed by atoms with E-state index in [4.69, 9.17) is 11.0 Å². The summed E-state index contributed by atoms with van der Waals surface area (Å²) in [5.41, 5.74) is 6.93. The molecule has 0 saturated heterocycles. The van der Waals surface area contributed by atoms with Gasteiger partial charge < -0.3 is 11.1 Å². The van der Waals surface area contributed by atoms with Crippen molar-refractivity contribution in [3.8, 4) is 6.07 Å². The van der Waals surface area contributed by atoms with Crippen LogP contribution in [0, 0.1) is 11.3 Å². The predicted octanol–water partition coefficient (Wildman–Crippen LogP) is 0.932. The Balaban J connectivity index is 2.09. The number of hydrogen-bond donors (Lipinski definition) is 3. The first-order valence-electron chi connectivity index (χ1n) is 4.18. The van der Waals surface area contributed by atoms with Crippen molar-refractivity contribution in [1.82, 2.24) is 14.6 Å². The lowest BCUT2D eigenvalue weighted by molar-refractivity contribution is 1.09. The summed E-state index contributed by atoms with van der Waals surface area (Å²) in [6.07, 6.45) is 3.49. The third-order valence-electron chi connectivity index (χ3n) is 1.84. The maximum atomic E-state index is 8.82. The van der Waals surface area contributed by atoms with Crippen LogP contribution in [0.4, 0.5) is 10.8 Å². The Labute approximate surface area is 89.9 Å². The predicted molar refractivity (Wildman–Crippen MR) is 57.2 cm³/mol. The zero-order valence-corrected chi connectivity index (χ0v) is 8.51. The van der Waals surface area contributed by atoms with Gasteiger partial charge in [0, 0.05) is 18.3 Å². The fourth-order valence-electron chi connectivity index (χ4n) is 1.09. The van der Waals surface area contributed by atoms with Gasteiger partial charge in [-0.2, -0.15) is 14.7 Å².